The number of ether oxygens (including phenoxy) is 3. The number of rotatable bonds is 8. The van der Waals surface area contributed by atoms with Gasteiger partial charge in [0.25, 0.3) is 0 Å². The lowest BCUT2D eigenvalue weighted by Crippen LogP contribution is -2.45. The highest BCUT2D eigenvalue weighted by atomic mass is 16.5. The minimum absolute atomic E-state index is 0.198. The van der Waals surface area contributed by atoms with Crippen molar-refractivity contribution in [2.75, 3.05) is 41.0 Å². The number of nitrogens with zero attached hydrogens (tertiary/aromatic N) is 1. The number of aliphatic imine (C=N–C) groups is 1. The third-order valence-electron chi connectivity index (χ3n) is 2.75. The maximum absolute atomic E-state index is 5.63. The van der Waals surface area contributed by atoms with Gasteiger partial charge in [-0.3, -0.25) is 4.99 Å². The van der Waals surface area contributed by atoms with Gasteiger partial charge in [0.1, 0.15) is 18.1 Å². The van der Waals surface area contributed by atoms with Gasteiger partial charge < -0.3 is 24.8 Å². The summed E-state index contributed by atoms with van der Waals surface area (Å²) in [4.78, 5) is 4.14. The Labute approximate surface area is 126 Å². The molecule has 1 atom stereocenters. The minimum atomic E-state index is 0.198. The predicted octanol–water partition coefficient (Wildman–Crippen LogP) is 1.27. The van der Waals surface area contributed by atoms with Crippen LogP contribution in [0.4, 0.5) is 0 Å². The molecule has 1 unspecified atom stereocenters. The Morgan fingerprint density at radius 3 is 2.43 bits per heavy atom. The van der Waals surface area contributed by atoms with Crippen molar-refractivity contribution in [3.05, 3.63) is 24.3 Å². The average Bonchev–Trinajstić information content (AvgIpc) is 2.51. The summed E-state index contributed by atoms with van der Waals surface area (Å²) in [6.45, 7) is 3.87. The van der Waals surface area contributed by atoms with Gasteiger partial charge >= 0.3 is 0 Å². The molecule has 1 aromatic rings. The molecule has 0 radical (unpaired) electrons. The van der Waals surface area contributed by atoms with Gasteiger partial charge in [0.15, 0.2) is 5.96 Å². The van der Waals surface area contributed by atoms with E-state index in [2.05, 4.69) is 15.6 Å². The van der Waals surface area contributed by atoms with Gasteiger partial charge in [-0.25, -0.2) is 0 Å². The molecule has 118 valence electrons. The fourth-order valence-corrected chi connectivity index (χ4v) is 1.73. The van der Waals surface area contributed by atoms with E-state index < -0.39 is 0 Å². The molecule has 0 aromatic heterocycles. The van der Waals surface area contributed by atoms with Crippen LogP contribution in [0, 0.1) is 0 Å². The first-order valence-corrected chi connectivity index (χ1v) is 6.92. The van der Waals surface area contributed by atoms with Crippen LogP contribution in [-0.4, -0.2) is 53.0 Å². The molecule has 6 heteroatoms. The summed E-state index contributed by atoms with van der Waals surface area (Å²) in [5, 5.41) is 6.41. The molecule has 0 amide bonds. The molecule has 0 fully saturated rings. The molecule has 21 heavy (non-hydrogen) atoms. The summed E-state index contributed by atoms with van der Waals surface area (Å²) < 4.78 is 15.8. The predicted molar refractivity (Wildman–Crippen MR) is 84.3 cm³/mol. The maximum Gasteiger partial charge on any atom is 0.191 e. The first-order valence-electron chi connectivity index (χ1n) is 6.92. The number of guanidine groups is 1. The zero-order valence-corrected chi connectivity index (χ0v) is 13.2. The molecule has 1 aromatic carbocycles. The van der Waals surface area contributed by atoms with Crippen LogP contribution in [0.2, 0.25) is 0 Å². The van der Waals surface area contributed by atoms with Crippen molar-refractivity contribution in [2.24, 2.45) is 4.99 Å². The largest absolute Gasteiger partial charge is 0.497 e. The van der Waals surface area contributed by atoms with Gasteiger partial charge in [-0.2, -0.15) is 0 Å². The second-order valence-electron chi connectivity index (χ2n) is 4.52. The molecular weight excluding hydrogens is 270 g/mol. The van der Waals surface area contributed by atoms with Crippen LogP contribution >= 0.6 is 0 Å². The van der Waals surface area contributed by atoms with Gasteiger partial charge in [0.05, 0.1) is 20.3 Å². The van der Waals surface area contributed by atoms with E-state index in [0.29, 0.717) is 19.8 Å². The highest BCUT2D eigenvalue weighted by Gasteiger charge is 2.04. The van der Waals surface area contributed by atoms with Crippen LogP contribution < -0.4 is 20.1 Å². The lowest BCUT2D eigenvalue weighted by Gasteiger charge is -2.17. The molecule has 0 aliphatic rings. The standard InChI is InChI=1S/C15H25N3O3/c1-12(11-19-3)18-15(16-2)17-9-10-21-14-7-5-13(20-4)6-8-14/h5-8,12H,9-11H2,1-4H3,(H2,16,17,18). The zero-order valence-electron chi connectivity index (χ0n) is 13.2. The molecule has 0 saturated heterocycles. The van der Waals surface area contributed by atoms with Crippen molar-refractivity contribution in [1.29, 1.82) is 0 Å². The fraction of sp³-hybridized carbons (Fsp3) is 0.533. The van der Waals surface area contributed by atoms with Gasteiger partial charge in [-0.05, 0) is 31.2 Å². The number of methoxy groups -OCH3 is 2. The molecule has 2 N–H and O–H groups in total. The summed E-state index contributed by atoms with van der Waals surface area (Å²) in [6.07, 6.45) is 0. The Hall–Kier alpha value is -1.95. The van der Waals surface area contributed by atoms with Gasteiger partial charge in [-0.1, -0.05) is 0 Å². The van der Waals surface area contributed by atoms with Crippen molar-refractivity contribution < 1.29 is 14.2 Å². The van der Waals surface area contributed by atoms with Crippen LogP contribution in [0.15, 0.2) is 29.3 Å². The van der Waals surface area contributed by atoms with Crippen LogP contribution in [-0.2, 0) is 4.74 Å². The van der Waals surface area contributed by atoms with E-state index >= 15 is 0 Å². The second kappa shape index (κ2) is 9.88. The van der Waals surface area contributed by atoms with Crippen LogP contribution in [0.5, 0.6) is 11.5 Å². The molecule has 0 bridgehead atoms. The van der Waals surface area contributed by atoms with E-state index in [9.17, 15) is 0 Å². The second-order valence-corrected chi connectivity index (χ2v) is 4.52. The van der Waals surface area contributed by atoms with Crippen molar-refractivity contribution >= 4 is 5.96 Å². The summed E-state index contributed by atoms with van der Waals surface area (Å²) in [5.74, 6) is 2.36. The van der Waals surface area contributed by atoms with Crippen molar-refractivity contribution in [3.63, 3.8) is 0 Å². The number of hydrogen-bond acceptors (Lipinski definition) is 4. The Bertz CT molecular complexity index is 421. The lowest BCUT2D eigenvalue weighted by molar-refractivity contribution is 0.179. The summed E-state index contributed by atoms with van der Waals surface area (Å²) in [6, 6.07) is 7.70. The molecule has 6 nitrogen and oxygen atoms in total. The molecule has 0 aliphatic heterocycles. The molecule has 0 aliphatic carbocycles. The molecule has 0 spiro atoms. The smallest absolute Gasteiger partial charge is 0.191 e. The van der Waals surface area contributed by atoms with Crippen LogP contribution in [0.1, 0.15) is 6.92 Å². The minimum Gasteiger partial charge on any atom is -0.497 e. The molecule has 0 heterocycles. The first-order chi connectivity index (χ1) is 10.2. The first kappa shape index (κ1) is 17.1. The number of nitrogens with one attached hydrogen (secondary N) is 2. The maximum atomic E-state index is 5.63. The Morgan fingerprint density at radius 1 is 1.19 bits per heavy atom. The van der Waals surface area contributed by atoms with E-state index in [0.717, 1.165) is 17.5 Å². The van der Waals surface area contributed by atoms with Crippen molar-refractivity contribution in [2.45, 2.75) is 13.0 Å². The quantitative estimate of drug-likeness (QED) is 0.430. The van der Waals surface area contributed by atoms with E-state index in [-0.39, 0.29) is 6.04 Å². The Balaban J connectivity index is 2.25. The van der Waals surface area contributed by atoms with Crippen molar-refractivity contribution in [3.8, 4) is 11.5 Å². The number of hydrogen-bond donors (Lipinski definition) is 2. The molecular formula is C15H25N3O3. The number of benzene rings is 1. The lowest BCUT2D eigenvalue weighted by atomic mass is 10.3. The van der Waals surface area contributed by atoms with Crippen LogP contribution in [0.25, 0.3) is 0 Å². The summed E-state index contributed by atoms with van der Waals surface area (Å²) >= 11 is 0. The normalized spacial score (nSPS) is 12.7. The van der Waals surface area contributed by atoms with Gasteiger partial charge in [0.2, 0.25) is 0 Å². The highest BCUT2D eigenvalue weighted by Crippen LogP contribution is 2.16. The summed E-state index contributed by atoms with van der Waals surface area (Å²) in [7, 11) is 5.05. The van der Waals surface area contributed by atoms with E-state index in [1.165, 1.54) is 0 Å². The highest BCUT2D eigenvalue weighted by molar-refractivity contribution is 5.79. The third-order valence-corrected chi connectivity index (χ3v) is 2.75. The van der Waals surface area contributed by atoms with E-state index in [4.69, 9.17) is 14.2 Å². The van der Waals surface area contributed by atoms with E-state index in [1.54, 1.807) is 21.3 Å². The van der Waals surface area contributed by atoms with E-state index in [1.807, 2.05) is 31.2 Å². The van der Waals surface area contributed by atoms with Gasteiger partial charge in [0, 0.05) is 20.2 Å². The average molecular weight is 295 g/mol. The van der Waals surface area contributed by atoms with Crippen LogP contribution in [0.3, 0.4) is 0 Å². The molecule has 0 saturated carbocycles. The molecule has 1 rings (SSSR count). The summed E-state index contributed by atoms with van der Waals surface area (Å²) in [5.41, 5.74) is 0. The zero-order chi connectivity index (χ0) is 15.5. The SMILES string of the molecule is CN=C(NCCOc1ccc(OC)cc1)NC(C)COC. The Morgan fingerprint density at radius 2 is 1.86 bits per heavy atom. The third kappa shape index (κ3) is 6.85. The topological polar surface area (TPSA) is 64.1 Å². The van der Waals surface area contributed by atoms with Gasteiger partial charge in [-0.15, -0.1) is 0 Å². The fourth-order valence-electron chi connectivity index (χ4n) is 1.73. The Kier molecular flexibility index (Phi) is 8.04. The monoisotopic (exact) mass is 295 g/mol. The van der Waals surface area contributed by atoms with Crippen molar-refractivity contribution in [1.82, 2.24) is 10.6 Å².